The lowest BCUT2D eigenvalue weighted by molar-refractivity contribution is -0.115. The number of amides is 1. The predicted molar refractivity (Wildman–Crippen MR) is 128 cm³/mol. The third kappa shape index (κ3) is 5.72. The van der Waals surface area contributed by atoms with Gasteiger partial charge in [-0.15, -0.1) is 0 Å². The number of benzene rings is 2. The topological polar surface area (TPSA) is 64.1 Å². The van der Waals surface area contributed by atoms with E-state index in [-0.39, 0.29) is 5.91 Å². The van der Waals surface area contributed by atoms with Crippen LogP contribution in [-0.2, 0) is 17.6 Å². The molecule has 32 heavy (non-hydrogen) atoms. The third-order valence-corrected chi connectivity index (χ3v) is 6.18. The molecule has 0 unspecified atom stereocenters. The van der Waals surface area contributed by atoms with Crippen molar-refractivity contribution in [2.45, 2.75) is 51.9 Å². The standard InChI is InChI=1S/C27H31N3O2/c1-19-8-10-21(11-9-19)17-26(31)30-27-24(16-20-6-4-3-5-7-20)29-25(18-28-27)22-12-14-23(32-2)15-13-22/h8-15,18,20H,3-7,16-17H2,1-2H3,(H,28,30,31). The first-order valence-corrected chi connectivity index (χ1v) is 11.5. The molecule has 1 amide bonds. The molecule has 0 atom stereocenters. The monoisotopic (exact) mass is 429 g/mol. The van der Waals surface area contributed by atoms with Crippen LogP contribution in [0.15, 0.2) is 54.7 Å². The fraction of sp³-hybridized carbons (Fsp3) is 0.370. The van der Waals surface area contributed by atoms with E-state index >= 15 is 0 Å². The zero-order chi connectivity index (χ0) is 22.3. The molecule has 0 radical (unpaired) electrons. The number of aryl methyl sites for hydroxylation is 1. The summed E-state index contributed by atoms with van der Waals surface area (Å²) in [6.07, 6.45) is 9.19. The van der Waals surface area contributed by atoms with E-state index in [0.29, 0.717) is 18.2 Å². The molecule has 0 saturated heterocycles. The van der Waals surface area contributed by atoms with E-state index in [1.807, 2.05) is 55.5 Å². The van der Waals surface area contributed by atoms with Gasteiger partial charge in [0.25, 0.3) is 0 Å². The highest BCUT2D eigenvalue weighted by molar-refractivity contribution is 5.92. The van der Waals surface area contributed by atoms with E-state index < -0.39 is 0 Å². The summed E-state index contributed by atoms with van der Waals surface area (Å²) in [7, 11) is 1.66. The van der Waals surface area contributed by atoms with E-state index in [4.69, 9.17) is 9.72 Å². The van der Waals surface area contributed by atoms with Gasteiger partial charge in [-0.3, -0.25) is 4.79 Å². The van der Waals surface area contributed by atoms with Crippen molar-refractivity contribution in [2.75, 3.05) is 12.4 Å². The van der Waals surface area contributed by atoms with Crippen molar-refractivity contribution < 1.29 is 9.53 Å². The maximum Gasteiger partial charge on any atom is 0.229 e. The van der Waals surface area contributed by atoms with Gasteiger partial charge >= 0.3 is 0 Å². The Kier molecular flexibility index (Phi) is 7.15. The van der Waals surface area contributed by atoms with Crippen LogP contribution in [0.4, 0.5) is 5.82 Å². The second kappa shape index (κ2) is 10.4. The molecule has 1 aromatic heterocycles. The highest BCUT2D eigenvalue weighted by Gasteiger charge is 2.19. The van der Waals surface area contributed by atoms with Crippen LogP contribution in [0, 0.1) is 12.8 Å². The van der Waals surface area contributed by atoms with Gasteiger partial charge in [0.05, 0.1) is 31.1 Å². The average Bonchev–Trinajstić information content (AvgIpc) is 2.82. The molecular weight excluding hydrogens is 398 g/mol. The predicted octanol–water partition coefficient (Wildman–Crippen LogP) is 5.76. The number of carbonyl (C=O) groups excluding carboxylic acids is 1. The summed E-state index contributed by atoms with van der Waals surface area (Å²) in [5.41, 5.74) is 4.85. The minimum Gasteiger partial charge on any atom is -0.497 e. The van der Waals surface area contributed by atoms with Crippen molar-refractivity contribution in [1.82, 2.24) is 9.97 Å². The fourth-order valence-electron chi connectivity index (χ4n) is 4.31. The van der Waals surface area contributed by atoms with Gasteiger partial charge in [-0.25, -0.2) is 9.97 Å². The number of hydrogen-bond acceptors (Lipinski definition) is 4. The first kappa shape index (κ1) is 22.0. The van der Waals surface area contributed by atoms with Crippen LogP contribution in [0.2, 0.25) is 0 Å². The molecule has 0 bridgehead atoms. The molecule has 3 aromatic rings. The van der Waals surface area contributed by atoms with E-state index in [0.717, 1.165) is 34.7 Å². The molecule has 5 nitrogen and oxygen atoms in total. The molecule has 1 aliphatic carbocycles. The number of methoxy groups -OCH3 is 1. The van der Waals surface area contributed by atoms with Crippen molar-refractivity contribution in [3.8, 4) is 17.0 Å². The molecule has 0 aliphatic heterocycles. The second-order valence-electron chi connectivity index (χ2n) is 8.70. The van der Waals surface area contributed by atoms with E-state index in [2.05, 4.69) is 10.3 Å². The highest BCUT2D eigenvalue weighted by Crippen LogP contribution is 2.29. The third-order valence-electron chi connectivity index (χ3n) is 6.18. The number of hydrogen-bond donors (Lipinski definition) is 1. The number of aromatic nitrogens is 2. The SMILES string of the molecule is COc1ccc(-c2cnc(NC(=O)Cc3ccc(C)cc3)c(CC3CCCCC3)n2)cc1. The Balaban J connectivity index is 1.56. The maximum atomic E-state index is 12.7. The number of carbonyl (C=O) groups is 1. The lowest BCUT2D eigenvalue weighted by Crippen LogP contribution is -2.19. The molecule has 2 aromatic carbocycles. The summed E-state index contributed by atoms with van der Waals surface area (Å²) in [4.78, 5) is 22.3. The lowest BCUT2D eigenvalue weighted by Gasteiger charge is -2.22. The highest BCUT2D eigenvalue weighted by atomic mass is 16.5. The Morgan fingerprint density at radius 2 is 1.75 bits per heavy atom. The van der Waals surface area contributed by atoms with Gasteiger partial charge in [0.2, 0.25) is 5.91 Å². The number of nitrogens with one attached hydrogen (secondary N) is 1. The van der Waals surface area contributed by atoms with Gasteiger partial charge < -0.3 is 10.1 Å². The summed E-state index contributed by atoms with van der Waals surface area (Å²) in [6, 6.07) is 15.9. The molecule has 1 saturated carbocycles. The molecule has 1 N–H and O–H groups in total. The lowest BCUT2D eigenvalue weighted by atomic mass is 9.86. The van der Waals surface area contributed by atoms with Crippen LogP contribution in [0.25, 0.3) is 11.3 Å². The van der Waals surface area contributed by atoms with Crippen molar-refractivity contribution in [3.63, 3.8) is 0 Å². The summed E-state index contributed by atoms with van der Waals surface area (Å²) in [5.74, 6) is 1.93. The first-order valence-electron chi connectivity index (χ1n) is 11.5. The van der Waals surface area contributed by atoms with Gasteiger partial charge in [0.15, 0.2) is 5.82 Å². The van der Waals surface area contributed by atoms with Crippen LogP contribution in [0.3, 0.4) is 0 Å². The zero-order valence-corrected chi connectivity index (χ0v) is 18.9. The molecule has 166 valence electrons. The summed E-state index contributed by atoms with van der Waals surface area (Å²) in [5, 5.41) is 3.03. The number of ether oxygens (including phenoxy) is 1. The van der Waals surface area contributed by atoms with Gasteiger partial charge in [0, 0.05) is 5.56 Å². The van der Waals surface area contributed by atoms with Crippen LogP contribution >= 0.6 is 0 Å². The van der Waals surface area contributed by atoms with Crippen molar-refractivity contribution in [1.29, 1.82) is 0 Å². The van der Waals surface area contributed by atoms with E-state index in [1.54, 1.807) is 13.3 Å². The fourth-order valence-corrected chi connectivity index (χ4v) is 4.31. The Bertz CT molecular complexity index is 1040. The molecule has 1 fully saturated rings. The van der Waals surface area contributed by atoms with Crippen LogP contribution in [0.1, 0.15) is 48.9 Å². The quantitative estimate of drug-likeness (QED) is 0.518. The minimum atomic E-state index is -0.0646. The number of anilines is 1. The van der Waals surface area contributed by atoms with Crippen molar-refractivity contribution >= 4 is 11.7 Å². The Hall–Kier alpha value is -3.21. The molecule has 1 heterocycles. The molecule has 4 rings (SSSR count). The van der Waals surface area contributed by atoms with Crippen LogP contribution in [-0.4, -0.2) is 23.0 Å². The van der Waals surface area contributed by atoms with E-state index in [1.165, 1.54) is 37.7 Å². The maximum absolute atomic E-state index is 12.7. The Labute approximate surface area is 190 Å². The van der Waals surface area contributed by atoms with Gasteiger partial charge in [-0.2, -0.15) is 0 Å². The molecular formula is C27H31N3O2. The van der Waals surface area contributed by atoms with Crippen LogP contribution < -0.4 is 10.1 Å². The van der Waals surface area contributed by atoms with Gasteiger partial charge in [0.1, 0.15) is 5.75 Å². The Morgan fingerprint density at radius 3 is 2.44 bits per heavy atom. The van der Waals surface area contributed by atoms with Crippen molar-refractivity contribution in [3.05, 3.63) is 71.5 Å². The first-order chi connectivity index (χ1) is 15.6. The normalized spacial score (nSPS) is 14.2. The molecule has 1 aliphatic rings. The number of nitrogens with zero attached hydrogens (tertiary/aromatic N) is 2. The number of rotatable bonds is 7. The molecule has 5 heteroatoms. The van der Waals surface area contributed by atoms with Crippen molar-refractivity contribution in [2.24, 2.45) is 5.92 Å². The summed E-state index contributed by atoms with van der Waals surface area (Å²) < 4.78 is 5.26. The van der Waals surface area contributed by atoms with Gasteiger partial charge in [-0.05, 0) is 49.1 Å². The zero-order valence-electron chi connectivity index (χ0n) is 18.9. The minimum absolute atomic E-state index is 0.0646. The van der Waals surface area contributed by atoms with E-state index in [9.17, 15) is 4.79 Å². The Morgan fingerprint density at radius 1 is 1.03 bits per heavy atom. The largest absolute Gasteiger partial charge is 0.497 e. The smallest absolute Gasteiger partial charge is 0.229 e. The molecule has 0 spiro atoms. The van der Waals surface area contributed by atoms with Crippen LogP contribution in [0.5, 0.6) is 5.75 Å². The summed E-state index contributed by atoms with van der Waals surface area (Å²) >= 11 is 0. The van der Waals surface area contributed by atoms with Gasteiger partial charge in [-0.1, -0.05) is 61.9 Å². The summed E-state index contributed by atoms with van der Waals surface area (Å²) in [6.45, 7) is 2.04. The average molecular weight is 430 g/mol. The second-order valence-corrected chi connectivity index (χ2v) is 8.70.